The fourth-order valence-electron chi connectivity index (χ4n) is 2.29. The molecule has 0 saturated carbocycles. The number of ether oxygens (including phenoxy) is 1. The van der Waals surface area contributed by atoms with E-state index in [9.17, 15) is 14.4 Å². The van der Waals surface area contributed by atoms with Crippen molar-refractivity contribution in [3.63, 3.8) is 0 Å². The number of carbonyl (C=O) groups is 3. The maximum atomic E-state index is 12.0. The number of piperidine rings is 1. The summed E-state index contributed by atoms with van der Waals surface area (Å²) in [5.74, 6) is -0.627. The second-order valence-electron chi connectivity index (χ2n) is 5.18. The van der Waals surface area contributed by atoms with Gasteiger partial charge in [0, 0.05) is 17.3 Å². The van der Waals surface area contributed by atoms with Crippen LogP contribution >= 0.6 is 15.9 Å². The SMILES string of the molecule is COC(=O)c1ccc(CN2C(=O)CC(C)CC2=O)c(Br)c1. The minimum atomic E-state index is -0.429. The van der Waals surface area contributed by atoms with Crippen LogP contribution in [0.25, 0.3) is 0 Å². The number of carbonyl (C=O) groups excluding carboxylic acids is 3. The summed E-state index contributed by atoms with van der Waals surface area (Å²) >= 11 is 3.37. The number of likely N-dealkylation sites (tertiary alicyclic amines) is 1. The van der Waals surface area contributed by atoms with Crippen molar-refractivity contribution in [3.05, 3.63) is 33.8 Å². The highest BCUT2D eigenvalue weighted by atomic mass is 79.9. The summed E-state index contributed by atoms with van der Waals surface area (Å²) in [5, 5.41) is 0. The van der Waals surface area contributed by atoms with Crippen LogP contribution in [-0.2, 0) is 20.9 Å². The number of methoxy groups -OCH3 is 1. The summed E-state index contributed by atoms with van der Waals surface area (Å²) in [5.41, 5.74) is 1.19. The Balaban J connectivity index is 2.18. The van der Waals surface area contributed by atoms with Gasteiger partial charge in [0.25, 0.3) is 0 Å². The topological polar surface area (TPSA) is 63.7 Å². The number of rotatable bonds is 3. The van der Waals surface area contributed by atoms with Gasteiger partial charge in [0.05, 0.1) is 19.2 Å². The number of esters is 1. The monoisotopic (exact) mass is 353 g/mol. The van der Waals surface area contributed by atoms with Crippen LogP contribution in [0.4, 0.5) is 0 Å². The first-order valence-corrected chi connectivity index (χ1v) is 7.41. The summed E-state index contributed by atoms with van der Waals surface area (Å²) in [6.07, 6.45) is 0.785. The third-order valence-electron chi connectivity index (χ3n) is 3.45. The normalized spacial score (nSPS) is 16.2. The van der Waals surface area contributed by atoms with Gasteiger partial charge in [-0.25, -0.2) is 4.79 Å². The lowest BCUT2D eigenvalue weighted by atomic mass is 9.97. The lowest BCUT2D eigenvalue weighted by molar-refractivity contribution is -0.150. The summed E-state index contributed by atoms with van der Waals surface area (Å²) in [6.45, 7) is 2.11. The molecule has 112 valence electrons. The number of nitrogens with zero attached hydrogens (tertiary/aromatic N) is 1. The van der Waals surface area contributed by atoms with E-state index in [0.29, 0.717) is 22.9 Å². The highest BCUT2D eigenvalue weighted by Crippen LogP contribution is 2.25. The number of amides is 2. The Hall–Kier alpha value is -1.69. The van der Waals surface area contributed by atoms with E-state index < -0.39 is 5.97 Å². The molecule has 0 unspecified atom stereocenters. The van der Waals surface area contributed by atoms with Crippen LogP contribution in [0.1, 0.15) is 35.7 Å². The van der Waals surface area contributed by atoms with Crippen LogP contribution in [0.2, 0.25) is 0 Å². The fraction of sp³-hybridized carbons (Fsp3) is 0.400. The van der Waals surface area contributed by atoms with Crippen LogP contribution in [-0.4, -0.2) is 29.8 Å². The third-order valence-corrected chi connectivity index (χ3v) is 4.19. The molecule has 1 aromatic rings. The molecule has 0 atom stereocenters. The molecule has 6 heteroatoms. The highest BCUT2D eigenvalue weighted by molar-refractivity contribution is 9.10. The van der Waals surface area contributed by atoms with Gasteiger partial charge in [0.1, 0.15) is 0 Å². The van der Waals surface area contributed by atoms with E-state index >= 15 is 0 Å². The van der Waals surface area contributed by atoms with Crippen molar-refractivity contribution in [2.75, 3.05) is 7.11 Å². The predicted octanol–water partition coefficient (Wildman–Crippen LogP) is 2.52. The standard InChI is InChI=1S/C15H16BrNO4/c1-9-5-13(18)17(14(19)6-9)8-11-4-3-10(7-12(11)16)15(20)21-2/h3-4,7,9H,5-6,8H2,1-2H3. The van der Waals surface area contributed by atoms with E-state index in [1.54, 1.807) is 18.2 Å². The molecule has 2 rings (SSSR count). The van der Waals surface area contributed by atoms with E-state index in [-0.39, 0.29) is 24.3 Å². The number of hydrogen-bond acceptors (Lipinski definition) is 4. The molecule has 0 N–H and O–H groups in total. The minimum absolute atomic E-state index is 0.103. The molecular weight excluding hydrogens is 338 g/mol. The van der Waals surface area contributed by atoms with E-state index in [2.05, 4.69) is 20.7 Å². The smallest absolute Gasteiger partial charge is 0.337 e. The first-order valence-electron chi connectivity index (χ1n) is 6.62. The zero-order valence-electron chi connectivity index (χ0n) is 11.9. The Labute approximate surface area is 131 Å². The average Bonchev–Trinajstić information content (AvgIpc) is 2.43. The first kappa shape index (κ1) is 15.7. The Morgan fingerprint density at radius 1 is 1.33 bits per heavy atom. The van der Waals surface area contributed by atoms with Gasteiger partial charge in [0.2, 0.25) is 11.8 Å². The highest BCUT2D eigenvalue weighted by Gasteiger charge is 2.30. The van der Waals surface area contributed by atoms with Crippen molar-refractivity contribution in [2.45, 2.75) is 26.3 Å². The van der Waals surface area contributed by atoms with Gasteiger partial charge in [-0.2, -0.15) is 0 Å². The zero-order chi connectivity index (χ0) is 15.6. The third kappa shape index (κ3) is 3.50. The van der Waals surface area contributed by atoms with Gasteiger partial charge in [-0.15, -0.1) is 0 Å². The molecule has 0 aliphatic carbocycles. The Morgan fingerprint density at radius 2 is 1.95 bits per heavy atom. The molecule has 1 aliphatic rings. The lowest BCUT2D eigenvalue weighted by Crippen LogP contribution is -2.42. The predicted molar refractivity (Wildman–Crippen MR) is 79.4 cm³/mol. The maximum Gasteiger partial charge on any atom is 0.337 e. The number of hydrogen-bond donors (Lipinski definition) is 0. The molecule has 2 amide bonds. The summed E-state index contributed by atoms with van der Waals surface area (Å²) in [6, 6.07) is 4.96. The largest absolute Gasteiger partial charge is 0.465 e. The Morgan fingerprint density at radius 3 is 2.48 bits per heavy atom. The molecule has 1 fully saturated rings. The maximum absolute atomic E-state index is 12.0. The minimum Gasteiger partial charge on any atom is -0.465 e. The lowest BCUT2D eigenvalue weighted by Gasteiger charge is -2.28. The van der Waals surface area contributed by atoms with E-state index in [0.717, 1.165) is 5.56 Å². The van der Waals surface area contributed by atoms with Crippen molar-refractivity contribution in [2.24, 2.45) is 5.92 Å². The molecule has 0 aromatic heterocycles. The zero-order valence-corrected chi connectivity index (χ0v) is 13.5. The fourth-order valence-corrected chi connectivity index (χ4v) is 2.80. The van der Waals surface area contributed by atoms with Gasteiger partial charge < -0.3 is 4.74 Å². The van der Waals surface area contributed by atoms with Gasteiger partial charge >= 0.3 is 5.97 Å². The van der Waals surface area contributed by atoms with Crippen molar-refractivity contribution in [1.29, 1.82) is 0 Å². The summed E-state index contributed by atoms with van der Waals surface area (Å²) in [7, 11) is 1.32. The van der Waals surface area contributed by atoms with Gasteiger partial charge in [-0.3, -0.25) is 14.5 Å². The van der Waals surface area contributed by atoms with Gasteiger partial charge in [-0.05, 0) is 23.6 Å². The van der Waals surface area contributed by atoms with Crippen LogP contribution in [0.3, 0.4) is 0 Å². The van der Waals surface area contributed by atoms with Gasteiger partial charge in [0.15, 0.2) is 0 Å². The number of benzene rings is 1. The molecule has 21 heavy (non-hydrogen) atoms. The van der Waals surface area contributed by atoms with Crippen LogP contribution in [0.5, 0.6) is 0 Å². The molecule has 1 aliphatic heterocycles. The van der Waals surface area contributed by atoms with E-state index in [1.165, 1.54) is 12.0 Å². The summed E-state index contributed by atoms with van der Waals surface area (Å²) < 4.78 is 5.32. The second-order valence-corrected chi connectivity index (χ2v) is 6.04. The van der Waals surface area contributed by atoms with Crippen molar-refractivity contribution < 1.29 is 19.1 Å². The first-order chi connectivity index (χ1) is 9.92. The molecular formula is C15H16BrNO4. The quantitative estimate of drug-likeness (QED) is 0.618. The Kier molecular flexibility index (Phi) is 4.77. The average molecular weight is 354 g/mol. The van der Waals surface area contributed by atoms with Crippen molar-refractivity contribution in [3.8, 4) is 0 Å². The molecule has 0 radical (unpaired) electrons. The second kappa shape index (κ2) is 6.39. The summed E-state index contributed by atoms with van der Waals surface area (Å²) in [4.78, 5) is 36.7. The van der Waals surface area contributed by atoms with E-state index in [4.69, 9.17) is 0 Å². The molecule has 5 nitrogen and oxygen atoms in total. The molecule has 1 aromatic carbocycles. The van der Waals surface area contributed by atoms with E-state index in [1.807, 2.05) is 6.92 Å². The number of halogens is 1. The van der Waals surface area contributed by atoms with Crippen LogP contribution < -0.4 is 0 Å². The Bertz CT molecular complexity index is 581. The van der Waals surface area contributed by atoms with Crippen molar-refractivity contribution >= 4 is 33.7 Å². The van der Waals surface area contributed by atoms with Crippen LogP contribution in [0.15, 0.2) is 22.7 Å². The molecule has 1 saturated heterocycles. The molecule has 0 spiro atoms. The molecule has 0 bridgehead atoms. The number of imide groups is 1. The van der Waals surface area contributed by atoms with Gasteiger partial charge in [-0.1, -0.05) is 28.9 Å². The molecule has 1 heterocycles. The van der Waals surface area contributed by atoms with Crippen molar-refractivity contribution in [1.82, 2.24) is 4.90 Å². The van der Waals surface area contributed by atoms with Crippen LogP contribution in [0, 0.1) is 5.92 Å².